The molecule has 0 spiro atoms. The van der Waals surface area contributed by atoms with Gasteiger partial charge in [0.2, 0.25) is 0 Å². The predicted octanol–water partition coefficient (Wildman–Crippen LogP) is 3.66. The normalized spacial score (nSPS) is 13.7. The van der Waals surface area contributed by atoms with Crippen molar-refractivity contribution in [2.45, 2.75) is 13.0 Å². The number of hydrogen-bond donors (Lipinski definition) is 0. The molecule has 0 fully saturated rings. The topological polar surface area (TPSA) is 29.5 Å². The van der Waals surface area contributed by atoms with E-state index < -0.39 is 0 Å². The van der Waals surface area contributed by atoms with Gasteiger partial charge < -0.3 is 9.64 Å². The van der Waals surface area contributed by atoms with Crippen LogP contribution in [0.15, 0.2) is 46.9 Å². The van der Waals surface area contributed by atoms with Gasteiger partial charge in [-0.25, -0.2) is 0 Å². The Bertz CT molecular complexity index is 667. The summed E-state index contributed by atoms with van der Waals surface area (Å²) in [5.41, 5.74) is 3.24. The Balaban J connectivity index is 1.80. The second-order valence-corrected chi connectivity index (χ2v) is 5.94. The maximum atomic E-state index is 12.6. The second-order valence-electron chi connectivity index (χ2n) is 5.08. The van der Waals surface area contributed by atoms with Crippen molar-refractivity contribution in [3.8, 4) is 5.75 Å². The van der Waals surface area contributed by atoms with Gasteiger partial charge in [0.25, 0.3) is 5.91 Å². The quantitative estimate of drug-likeness (QED) is 0.831. The molecule has 0 saturated heterocycles. The van der Waals surface area contributed by atoms with E-state index in [1.807, 2.05) is 35.2 Å². The highest BCUT2D eigenvalue weighted by atomic mass is 79.9. The molecule has 4 heteroatoms. The van der Waals surface area contributed by atoms with Crippen molar-refractivity contribution in [2.24, 2.45) is 0 Å². The summed E-state index contributed by atoms with van der Waals surface area (Å²) in [6.07, 6.45) is 0.888. The van der Waals surface area contributed by atoms with Crippen LogP contribution in [0.5, 0.6) is 5.75 Å². The minimum atomic E-state index is 0.0725. The zero-order valence-electron chi connectivity index (χ0n) is 11.8. The van der Waals surface area contributed by atoms with Crippen molar-refractivity contribution < 1.29 is 9.53 Å². The fraction of sp³-hybridized carbons (Fsp3) is 0.235. The summed E-state index contributed by atoms with van der Waals surface area (Å²) in [5, 5.41) is 0. The van der Waals surface area contributed by atoms with E-state index in [-0.39, 0.29) is 5.91 Å². The Labute approximate surface area is 132 Å². The van der Waals surface area contributed by atoms with E-state index in [1.165, 1.54) is 11.1 Å². The van der Waals surface area contributed by atoms with Crippen LogP contribution in [0.2, 0.25) is 0 Å². The van der Waals surface area contributed by atoms with Crippen LogP contribution in [-0.4, -0.2) is 24.5 Å². The molecule has 3 nitrogen and oxygen atoms in total. The first-order valence-corrected chi connectivity index (χ1v) is 7.68. The number of ether oxygens (including phenoxy) is 1. The van der Waals surface area contributed by atoms with Crippen molar-refractivity contribution in [1.29, 1.82) is 0 Å². The van der Waals surface area contributed by atoms with Gasteiger partial charge in [0.05, 0.1) is 7.11 Å². The largest absolute Gasteiger partial charge is 0.497 e. The highest BCUT2D eigenvalue weighted by molar-refractivity contribution is 9.10. The summed E-state index contributed by atoms with van der Waals surface area (Å²) in [5.74, 6) is 0.836. The molecule has 0 bridgehead atoms. The fourth-order valence-electron chi connectivity index (χ4n) is 2.65. The molecule has 2 aromatic carbocycles. The molecular formula is C17H16BrNO2. The van der Waals surface area contributed by atoms with Crippen molar-refractivity contribution in [3.05, 3.63) is 63.6 Å². The van der Waals surface area contributed by atoms with Crippen LogP contribution in [-0.2, 0) is 13.0 Å². The molecule has 0 radical (unpaired) electrons. The molecule has 1 aliphatic rings. The third-order valence-electron chi connectivity index (χ3n) is 3.83. The number of benzene rings is 2. The van der Waals surface area contributed by atoms with Crippen molar-refractivity contribution >= 4 is 21.8 Å². The average molecular weight is 346 g/mol. The molecule has 0 saturated carbocycles. The molecule has 1 heterocycles. The summed E-state index contributed by atoms with van der Waals surface area (Å²) >= 11 is 3.58. The Morgan fingerprint density at radius 1 is 1.19 bits per heavy atom. The van der Waals surface area contributed by atoms with Gasteiger partial charge in [-0.1, -0.05) is 28.1 Å². The summed E-state index contributed by atoms with van der Waals surface area (Å²) in [6, 6.07) is 13.4. The van der Waals surface area contributed by atoms with Crippen molar-refractivity contribution in [2.75, 3.05) is 13.7 Å². The molecule has 0 N–H and O–H groups in total. The number of rotatable bonds is 2. The van der Waals surface area contributed by atoms with E-state index >= 15 is 0 Å². The minimum absolute atomic E-state index is 0.0725. The number of carbonyl (C=O) groups is 1. The Morgan fingerprint density at radius 2 is 1.95 bits per heavy atom. The molecule has 1 amide bonds. The van der Waals surface area contributed by atoms with Crippen LogP contribution < -0.4 is 4.74 Å². The number of halogens is 1. The lowest BCUT2D eigenvalue weighted by Gasteiger charge is -2.29. The van der Waals surface area contributed by atoms with Gasteiger partial charge in [-0.05, 0) is 47.9 Å². The van der Waals surface area contributed by atoms with Gasteiger partial charge in [-0.3, -0.25) is 4.79 Å². The maximum Gasteiger partial charge on any atom is 0.254 e. The van der Waals surface area contributed by atoms with Gasteiger partial charge >= 0.3 is 0 Å². The summed E-state index contributed by atoms with van der Waals surface area (Å²) < 4.78 is 6.26. The number of methoxy groups -OCH3 is 1. The molecule has 0 aliphatic carbocycles. The molecule has 3 rings (SSSR count). The van der Waals surface area contributed by atoms with E-state index in [9.17, 15) is 4.79 Å². The lowest BCUT2D eigenvalue weighted by molar-refractivity contribution is 0.0734. The highest BCUT2D eigenvalue weighted by Gasteiger charge is 2.22. The second kappa shape index (κ2) is 5.90. The molecule has 108 valence electrons. The Hall–Kier alpha value is -1.81. The van der Waals surface area contributed by atoms with Gasteiger partial charge in [-0.15, -0.1) is 0 Å². The number of amides is 1. The molecule has 1 aliphatic heterocycles. The van der Waals surface area contributed by atoms with Crippen molar-refractivity contribution in [1.82, 2.24) is 4.90 Å². The Kier molecular flexibility index (Phi) is 3.97. The lowest BCUT2D eigenvalue weighted by atomic mass is 9.99. The van der Waals surface area contributed by atoms with Gasteiger partial charge in [0.1, 0.15) is 5.75 Å². The number of carbonyl (C=O) groups excluding carboxylic acids is 1. The van der Waals surface area contributed by atoms with E-state index in [4.69, 9.17) is 4.74 Å². The predicted molar refractivity (Wildman–Crippen MR) is 85.6 cm³/mol. The van der Waals surface area contributed by atoms with Gasteiger partial charge in [-0.2, -0.15) is 0 Å². The molecule has 0 atom stereocenters. The molecule has 2 aromatic rings. The van der Waals surface area contributed by atoms with Gasteiger partial charge in [0, 0.05) is 23.1 Å². The Morgan fingerprint density at radius 3 is 2.67 bits per heavy atom. The zero-order valence-corrected chi connectivity index (χ0v) is 13.4. The first kappa shape index (κ1) is 14.1. The first-order valence-electron chi connectivity index (χ1n) is 6.88. The van der Waals surface area contributed by atoms with Crippen LogP contribution in [0, 0.1) is 0 Å². The van der Waals surface area contributed by atoms with Crippen LogP contribution >= 0.6 is 15.9 Å². The molecule has 21 heavy (non-hydrogen) atoms. The van der Waals surface area contributed by atoms with Crippen LogP contribution in [0.3, 0.4) is 0 Å². The molecule has 0 aromatic heterocycles. The smallest absolute Gasteiger partial charge is 0.254 e. The van der Waals surface area contributed by atoms with Crippen molar-refractivity contribution in [3.63, 3.8) is 0 Å². The van der Waals surface area contributed by atoms with E-state index in [2.05, 4.69) is 28.1 Å². The standard InChI is InChI=1S/C17H16BrNO2/c1-21-14-7-5-12(6-8-14)17(20)19-10-9-15-13(11-19)3-2-4-16(15)18/h2-8H,9-11H2,1H3. The third kappa shape index (κ3) is 2.81. The van der Waals surface area contributed by atoms with E-state index in [0.717, 1.165) is 23.2 Å². The highest BCUT2D eigenvalue weighted by Crippen LogP contribution is 2.27. The number of nitrogens with zero attached hydrogens (tertiary/aromatic N) is 1. The van der Waals surface area contributed by atoms with E-state index in [0.29, 0.717) is 12.1 Å². The summed E-state index contributed by atoms with van der Waals surface area (Å²) in [7, 11) is 1.62. The minimum Gasteiger partial charge on any atom is -0.497 e. The average Bonchev–Trinajstić information content (AvgIpc) is 2.54. The number of hydrogen-bond acceptors (Lipinski definition) is 2. The third-order valence-corrected chi connectivity index (χ3v) is 4.58. The summed E-state index contributed by atoms with van der Waals surface area (Å²) in [4.78, 5) is 14.5. The number of fused-ring (bicyclic) bond motifs is 1. The van der Waals surface area contributed by atoms with E-state index in [1.54, 1.807) is 7.11 Å². The fourth-order valence-corrected chi connectivity index (χ4v) is 3.26. The first-order chi connectivity index (χ1) is 10.2. The van der Waals surface area contributed by atoms with Crippen LogP contribution in [0.4, 0.5) is 0 Å². The zero-order chi connectivity index (χ0) is 14.8. The van der Waals surface area contributed by atoms with Crippen LogP contribution in [0.1, 0.15) is 21.5 Å². The molecular weight excluding hydrogens is 330 g/mol. The van der Waals surface area contributed by atoms with Crippen LogP contribution in [0.25, 0.3) is 0 Å². The molecule has 0 unspecified atom stereocenters. The lowest BCUT2D eigenvalue weighted by Crippen LogP contribution is -2.36. The maximum absolute atomic E-state index is 12.6. The monoisotopic (exact) mass is 345 g/mol. The SMILES string of the molecule is COc1ccc(C(=O)N2CCc3c(Br)cccc3C2)cc1. The summed E-state index contributed by atoms with van der Waals surface area (Å²) in [6.45, 7) is 1.42. The van der Waals surface area contributed by atoms with Gasteiger partial charge in [0.15, 0.2) is 0 Å².